The first kappa shape index (κ1) is 20.3. The van der Waals surface area contributed by atoms with Crippen LogP contribution >= 0.6 is 11.6 Å². The Bertz CT molecular complexity index is 872. The van der Waals surface area contributed by atoms with Crippen LogP contribution in [0, 0.1) is 11.3 Å². The number of nitrogens with zero attached hydrogens (tertiary/aromatic N) is 1. The summed E-state index contributed by atoms with van der Waals surface area (Å²) in [5, 5.41) is 12.5. The summed E-state index contributed by atoms with van der Waals surface area (Å²) in [6.07, 6.45) is 2.32. The number of methoxy groups -OCH3 is 1. The second kappa shape index (κ2) is 10.2. The number of halogens is 1. The fraction of sp³-hybridized carbons (Fsp3) is 0.238. The third kappa shape index (κ3) is 5.77. The molecular formula is C21H21ClN2O3. The quantitative estimate of drug-likeness (QED) is 0.542. The molecule has 2 aromatic carbocycles. The molecule has 0 heterocycles. The van der Waals surface area contributed by atoms with Gasteiger partial charge in [-0.15, -0.1) is 0 Å². The van der Waals surface area contributed by atoms with Crippen LogP contribution < -0.4 is 14.8 Å². The Hall–Kier alpha value is -2.97. The standard InChI is InChI=1S/C21H21ClN2O3/c1-3-10-24-21(25)17(13-23)11-15-8-9-19(20(12-15)26-2)27-14-16-6-4-5-7-18(16)22/h4-9,11-12H,3,10,14H2,1-2H3,(H,24,25)/b17-11+. The number of carbonyl (C=O) groups excluding carboxylic acids is 1. The number of nitriles is 1. The van der Waals surface area contributed by atoms with Crippen molar-refractivity contribution in [2.45, 2.75) is 20.0 Å². The molecule has 1 amide bonds. The second-order valence-electron chi connectivity index (χ2n) is 5.72. The van der Waals surface area contributed by atoms with E-state index < -0.39 is 5.91 Å². The van der Waals surface area contributed by atoms with Gasteiger partial charge >= 0.3 is 0 Å². The van der Waals surface area contributed by atoms with Gasteiger partial charge < -0.3 is 14.8 Å². The van der Waals surface area contributed by atoms with Crippen molar-refractivity contribution in [3.63, 3.8) is 0 Å². The number of hydrogen-bond donors (Lipinski definition) is 1. The van der Waals surface area contributed by atoms with E-state index in [0.717, 1.165) is 12.0 Å². The number of carbonyl (C=O) groups is 1. The fourth-order valence-corrected chi connectivity index (χ4v) is 2.50. The molecule has 0 aliphatic carbocycles. The summed E-state index contributed by atoms with van der Waals surface area (Å²) in [5.41, 5.74) is 1.57. The maximum Gasteiger partial charge on any atom is 0.261 e. The Kier molecular flexibility index (Phi) is 7.72. The molecule has 2 aromatic rings. The van der Waals surface area contributed by atoms with Gasteiger partial charge in [-0.1, -0.05) is 42.8 Å². The van der Waals surface area contributed by atoms with E-state index in [9.17, 15) is 10.1 Å². The van der Waals surface area contributed by atoms with Crippen molar-refractivity contribution in [3.8, 4) is 17.6 Å². The third-order valence-corrected chi connectivity index (χ3v) is 4.11. The lowest BCUT2D eigenvalue weighted by molar-refractivity contribution is -0.117. The summed E-state index contributed by atoms with van der Waals surface area (Å²) in [6, 6.07) is 14.6. The van der Waals surface area contributed by atoms with Gasteiger partial charge in [0.2, 0.25) is 0 Å². The Morgan fingerprint density at radius 1 is 1.26 bits per heavy atom. The molecule has 0 saturated heterocycles. The maximum absolute atomic E-state index is 12.0. The predicted octanol–water partition coefficient (Wildman–Crippen LogP) is 4.36. The average molecular weight is 385 g/mol. The SMILES string of the molecule is CCCNC(=O)/C(C#N)=C/c1ccc(OCc2ccccc2Cl)c(OC)c1. The van der Waals surface area contributed by atoms with Gasteiger partial charge in [-0.2, -0.15) is 5.26 Å². The van der Waals surface area contributed by atoms with Gasteiger partial charge in [0, 0.05) is 17.1 Å². The molecule has 0 unspecified atom stereocenters. The number of nitrogens with one attached hydrogen (secondary N) is 1. The van der Waals surface area contributed by atoms with E-state index >= 15 is 0 Å². The van der Waals surface area contributed by atoms with E-state index in [1.807, 2.05) is 31.2 Å². The van der Waals surface area contributed by atoms with Gasteiger partial charge in [0.15, 0.2) is 11.5 Å². The smallest absolute Gasteiger partial charge is 0.261 e. The van der Waals surface area contributed by atoms with Crippen molar-refractivity contribution < 1.29 is 14.3 Å². The molecule has 1 N–H and O–H groups in total. The summed E-state index contributed by atoms with van der Waals surface area (Å²) in [6.45, 7) is 2.77. The highest BCUT2D eigenvalue weighted by Gasteiger charge is 2.10. The van der Waals surface area contributed by atoms with E-state index in [4.69, 9.17) is 21.1 Å². The van der Waals surface area contributed by atoms with Crippen molar-refractivity contribution >= 4 is 23.6 Å². The van der Waals surface area contributed by atoms with Crippen LogP contribution in [0.25, 0.3) is 6.08 Å². The van der Waals surface area contributed by atoms with Crippen molar-refractivity contribution in [3.05, 3.63) is 64.2 Å². The first-order valence-corrected chi connectivity index (χ1v) is 8.91. The lowest BCUT2D eigenvalue weighted by Gasteiger charge is -2.12. The van der Waals surface area contributed by atoms with Crippen LogP contribution in [0.3, 0.4) is 0 Å². The van der Waals surface area contributed by atoms with Crippen LogP contribution in [0.2, 0.25) is 5.02 Å². The summed E-state index contributed by atoms with van der Waals surface area (Å²) >= 11 is 6.14. The zero-order valence-electron chi connectivity index (χ0n) is 15.3. The molecule has 0 radical (unpaired) electrons. The van der Waals surface area contributed by atoms with E-state index in [1.54, 1.807) is 24.3 Å². The Morgan fingerprint density at radius 2 is 2.04 bits per heavy atom. The predicted molar refractivity (Wildman–Crippen MR) is 106 cm³/mol. The lowest BCUT2D eigenvalue weighted by Crippen LogP contribution is -2.25. The van der Waals surface area contributed by atoms with Crippen molar-refractivity contribution in [2.75, 3.05) is 13.7 Å². The van der Waals surface area contributed by atoms with Crippen LogP contribution in [0.4, 0.5) is 0 Å². The fourth-order valence-electron chi connectivity index (χ4n) is 2.31. The zero-order chi connectivity index (χ0) is 19.6. The highest BCUT2D eigenvalue weighted by atomic mass is 35.5. The largest absolute Gasteiger partial charge is 0.493 e. The van der Waals surface area contributed by atoms with E-state index in [0.29, 0.717) is 35.2 Å². The Morgan fingerprint density at radius 3 is 2.70 bits per heavy atom. The minimum absolute atomic E-state index is 0.0373. The first-order chi connectivity index (χ1) is 13.1. The van der Waals surface area contributed by atoms with Gasteiger partial charge in [0.05, 0.1) is 7.11 Å². The molecule has 2 rings (SSSR count). The Balaban J connectivity index is 2.17. The molecule has 140 valence electrons. The molecule has 0 fully saturated rings. The molecule has 0 saturated carbocycles. The molecule has 0 aromatic heterocycles. The Labute approximate surface area is 164 Å². The molecule has 0 bridgehead atoms. The molecule has 27 heavy (non-hydrogen) atoms. The van der Waals surface area contributed by atoms with Crippen LogP contribution in [-0.4, -0.2) is 19.6 Å². The van der Waals surface area contributed by atoms with Crippen LogP contribution in [0.5, 0.6) is 11.5 Å². The summed E-state index contributed by atoms with van der Waals surface area (Å²) in [7, 11) is 1.53. The van der Waals surface area contributed by atoms with E-state index in [-0.39, 0.29) is 5.57 Å². The summed E-state index contributed by atoms with van der Waals surface area (Å²) in [4.78, 5) is 12.0. The second-order valence-corrected chi connectivity index (χ2v) is 6.12. The molecule has 0 aliphatic rings. The summed E-state index contributed by atoms with van der Waals surface area (Å²) in [5.74, 6) is 0.655. The van der Waals surface area contributed by atoms with Gasteiger partial charge in [-0.05, 0) is 36.3 Å². The molecular weight excluding hydrogens is 364 g/mol. The molecule has 6 heteroatoms. The van der Waals surface area contributed by atoms with Crippen LogP contribution in [-0.2, 0) is 11.4 Å². The average Bonchev–Trinajstić information content (AvgIpc) is 2.69. The van der Waals surface area contributed by atoms with Crippen LogP contribution in [0.15, 0.2) is 48.0 Å². The minimum Gasteiger partial charge on any atom is -0.493 e. The van der Waals surface area contributed by atoms with Gasteiger partial charge in [-0.3, -0.25) is 4.79 Å². The highest BCUT2D eigenvalue weighted by Crippen LogP contribution is 2.30. The number of ether oxygens (including phenoxy) is 2. The number of benzene rings is 2. The topological polar surface area (TPSA) is 71.4 Å². The molecule has 5 nitrogen and oxygen atoms in total. The zero-order valence-corrected chi connectivity index (χ0v) is 16.0. The molecule has 0 aliphatic heterocycles. The van der Waals surface area contributed by atoms with Crippen molar-refractivity contribution in [1.82, 2.24) is 5.32 Å². The number of amides is 1. The van der Waals surface area contributed by atoms with Crippen molar-refractivity contribution in [1.29, 1.82) is 5.26 Å². The molecule has 0 atom stereocenters. The highest BCUT2D eigenvalue weighted by molar-refractivity contribution is 6.31. The lowest BCUT2D eigenvalue weighted by atomic mass is 10.1. The van der Waals surface area contributed by atoms with Crippen molar-refractivity contribution in [2.24, 2.45) is 0 Å². The molecule has 0 spiro atoms. The number of rotatable bonds is 8. The van der Waals surface area contributed by atoms with Gasteiger partial charge in [0.25, 0.3) is 5.91 Å². The number of hydrogen-bond acceptors (Lipinski definition) is 4. The minimum atomic E-state index is -0.391. The monoisotopic (exact) mass is 384 g/mol. The van der Waals surface area contributed by atoms with Gasteiger partial charge in [0.1, 0.15) is 18.2 Å². The van der Waals surface area contributed by atoms with E-state index in [1.165, 1.54) is 13.2 Å². The van der Waals surface area contributed by atoms with Crippen LogP contribution in [0.1, 0.15) is 24.5 Å². The first-order valence-electron chi connectivity index (χ1n) is 8.53. The normalized spacial score (nSPS) is 10.8. The summed E-state index contributed by atoms with van der Waals surface area (Å²) < 4.78 is 11.2. The third-order valence-electron chi connectivity index (χ3n) is 3.74. The van der Waals surface area contributed by atoms with Gasteiger partial charge in [-0.25, -0.2) is 0 Å². The maximum atomic E-state index is 12.0. The van der Waals surface area contributed by atoms with E-state index in [2.05, 4.69) is 5.32 Å².